The number of aliphatic hydroxyl groups is 1. The first-order valence-electron chi connectivity index (χ1n) is 7.97. The van der Waals surface area contributed by atoms with Crippen LogP contribution in [-0.4, -0.2) is 17.1 Å². The molecule has 1 aromatic rings. The molecule has 120 valence electrons. The molecule has 0 spiro atoms. The van der Waals surface area contributed by atoms with Gasteiger partial charge in [0.2, 0.25) is 5.91 Å². The fourth-order valence-electron chi connectivity index (χ4n) is 3.89. The van der Waals surface area contributed by atoms with Gasteiger partial charge in [0, 0.05) is 11.6 Å². The molecule has 2 aliphatic rings. The number of halogens is 2. The van der Waals surface area contributed by atoms with Crippen molar-refractivity contribution in [2.75, 3.05) is 0 Å². The maximum Gasteiger partial charge on any atom is 0.226 e. The largest absolute Gasteiger partial charge is 0.392 e. The Balaban J connectivity index is 1.87. The molecule has 2 unspecified atom stereocenters. The zero-order valence-corrected chi connectivity index (χ0v) is 12.4. The standard InChI is InChI=1S/C17H21F2NO2/c18-11-6-7-13(14(19)10-11)17(8-1-2-9-17)20-16(22)12-4-3-5-15(12)21/h6-7,10,12,15,21H,1-5,8-9H2,(H,20,22). The first-order chi connectivity index (χ1) is 10.5. The maximum absolute atomic E-state index is 14.2. The third-order valence-electron chi connectivity index (χ3n) is 5.08. The molecule has 0 radical (unpaired) electrons. The van der Waals surface area contributed by atoms with Crippen LogP contribution in [0.2, 0.25) is 0 Å². The van der Waals surface area contributed by atoms with E-state index in [1.165, 1.54) is 12.1 Å². The number of aliphatic hydroxyl groups excluding tert-OH is 1. The van der Waals surface area contributed by atoms with E-state index in [0.29, 0.717) is 31.2 Å². The number of nitrogens with one attached hydrogen (secondary N) is 1. The second kappa shape index (κ2) is 5.95. The van der Waals surface area contributed by atoms with Crippen molar-refractivity contribution in [3.63, 3.8) is 0 Å². The summed E-state index contributed by atoms with van der Waals surface area (Å²) in [6.07, 6.45) is 4.59. The monoisotopic (exact) mass is 309 g/mol. The number of hydrogen-bond donors (Lipinski definition) is 2. The fourth-order valence-corrected chi connectivity index (χ4v) is 3.89. The lowest BCUT2D eigenvalue weighted by Gasteiger charge is -2.33. The van der Waals surface area contributed by atoms with Crippen LogP contribution in [-0.2, 0) is 10.3 Å². The number of hydrogen-bond acceptors (Lipinski definition) is 2. The summed E-state index contributed by atoms with van der Waals surface area (Å²) in [6, 6.07) is 3.53. The van der Waals surface area contributed by atoms with E-state index < -0.39 is 29.2 Å². The van der Waals surface area contributed by atoms with E-state index in [1.54, 1.807) is 0 Å². The van der Waals surface area contributed by atoms with Crippen LogP contribution in [0, 0.1) is 17.6 Å². The SMILES string of the molecule is O=C(NC1(c2ccc(F)cc2F)CCCC1)C1CCCC1O. The predicted molar refractivity (Wildman–Crippen MR) is 78.0 cm³/mol. The first kappa shape index (κ1) is 15.4. The molecule has 2 aliphatic carbocycles. The van der Waals surface area contributed by atoms with Gasteiger partial charge in [-0.25, -0.2) is 8.78 Å². The highest BCUT2D eigenvalue weighted by Gasteiger charge is 2.42. The number of carbonyl (C=O) groups excluding carboxylic acids is 1. The molecule has 2 saturated carbocycles. The molecule has 1 aromatic carbocycles. The number of amides is 1. The molecule has 3 rings (SSSR count). The summed E-state index contributed by atoms with van der Waals surface area (Å²) in [5, 5.41) is 12.9. The Hall–Kier alpha value is -1.49. The van der Waals surface area contributed by atoms with Gasteiger partial charge in [-0.3, -0.25) is 4.79 Å². The molecule has 0 bridgehead atoms. The minimum atomic E-state index is -0.767. The Morgan fingerprint density at radius 1 is 1.18 bits per heavy atom. The third-order valence-corrected chi connectivity index (χ3v) is 5.08. The van der Waals surface area contributed by atoms with Crippen LogP contribution < -0.4 is 5.32 Å². The number of rotatable bonds is 3. The molecule has 3 nitrogen and oxygen atoms in total. The van der Waals surface area contributed by atoms with Gasteiger partial charge in [0.25, 0.3) is 0 Å². The number of carbonyl (C=O) groups is 1. The van der Waals surface area contributed by atoms with Crippen molar-refractivity contribution in [3.05, 3.63) is 35.4 Å². The highest BCUT2D eigenvalue weighted by atomic mass is 19.1. The molecule has 22 heavy (non-hydrogen) atoms. The van der Waals surface area contributed by atoms with Crippen molar-refractivity contribution in [3.8, 4) is 0 Å². The lowest BCUT2D eigenvalue weighted by atomic mass is 9.86. The van der Waals surface area contributed by atoms with Crippen molar-refractivity contribution in [1.82, 2.24) is 5.32 Å². The van der Waals surface area contributed by atoms with Crippen LogP contribution in [0.4, 0.5) is 8.78 Å². The van der Waals surface area contributed by atoms with E-state index in [9.17, 15) is 18.7 Å². The first-order valence-corrected chi connectivity index (χ1v) is 7.97. The van der Waals surface area contributed by atoms with Crippen LogP contribution in [0.5, 0.6) is 0 Å². The van der Waals surface area contributed by atoms with Gasteiger partial charge >= 0.3 is 0 Å². The Bertz CT molecular complexity index is 570. The molecular formula is C17H21F2NO2. The molecule has 5 heteroatoms. The molecule has 0 aliphatic heterocycles. The Morgan fingerprint density at radius 3 is 2.50 bits per heavy atom. The molecule has 0 heterocycles. The van der Waals surface area contributed by atoms with Crippen LogP contribution in [0.1, 0.15) is 50.5 Å². The van der Waals surface area contributed by atoms with E-state index in [2.05, 4.69) is 5.32 Å². The zero-order chi connectivity index (χ0) is 15.7. The second-order valence-corrected chi connectivity index (χ2v) is 6.51. The van der Waals surface area contributed by atoms with Gasteiger partial charge in [-0.1, -0.05) is 18.9 Å². The van der Waals surface area contributed by atoms with E-state index in [4.69, 9.17) is 0 Å². The summed E-state index contributed by atoms with van der Waals surface area (Å²) in [6.45, 7) is 0. The molecule has 2 N–H and O–H groups in total. The highest BCUT2D eigenvalue weighted by molar-refractivity contribution is 5.80. The Labute approximate surface area is 128 Å². The second-order valence-electron chi connectivity index (χ2n) is 6.51. The summed E-state index contributed by atoms with van der Waals surface area (Å²) in [5.41, 5.74) is -0.413. The summed E-state index contributed by atoms with van der Waals surface area (Å²) in [4.78, 5) is 12.5. The van der Waals surface area contributed by atoms with Crippen molar-refractivity contribution in [2.45, 2.75) is 56.6 Å². The lowest BCUT2D eigenvalue weighted by Crippen LogP contribution is -2.48. The quantitative estimate of drug-likeness (QED) is 0.902. The average molecular weight is 309 g/mol. The van der Waals surface area contributed by atoms with Crippen molar-refractivity contribution in [2.24, 2.45) is 5.92 Å². The van der Waals surface area contributed by atoms with Crippen LogP contribution in [0.15, 0.2) is 18.2 Å². The topological polar surface area (TPSA) is 49.3 Å². The van der Waals surface area contributed by atoms with Gasteiger partial charge in [0.1, 0.15) is 11.6 Å². The van der Waals surface area contributed by atoms with Gasteiger partial charge in [-0.15, -0.1) is 0 Å². The molecule has 0 saturated heterocycles. The maximum atomic E-state index is 14.2. The Morgan fingerprint density at radius 2 is 1.91 bits per heavy atom. The van der Waals surface area contributed by atoms with Crippen LogP contribution in [0.3, 0.4) is 0 Å². The van der Waals surface area contributed by atoms with Gasteiger partial charge in [0.15, 0.2) is 0 Å². The van der Waals surface area contributed by atoms with Crippen LogP contribution in [0.25, 0.3) is 0 Å². The summed E-state index contributed by atoms with van der Waals surface area (Å²) in [5.74, 6) is -1.86. The molecule has 0 aromatic heterocycles. The van der Waals surface area contributed by atoms with E-state index in [-0.39, 0.29) is 5.91 Å². The summed E-state index contributed by atoms with van der Waals surface area (Å²) < 4.78 is 27.4. The summed E-state index contributed by atoms with van der Waals surface area (Å²) >= 11 is 0. The van der Waals surface area contributed by atoms with E-state index in [1.807, 2.05) is 0 Å². The normalized spacial score (nSPS) is 27.0. The van der Waals surface area contributed by atoms with Gasteiger partial charge in [0.05, 0.1) is 17.6 Å². The fraction of sp³-hybridized carbons (Fsp3) is 0.588. The van der Waals surface area contributed by atoms with Crippen molar-refractivity contribution < 1.29 is 18.7 Å². The smallest absolute Gasteiger partial charge is 0.226 e. The van der Waals surface area contributed by atoms with E-state index in [0.717, 1.165) is 25.3 Å². The Kier molecular flexibility index (Phi) is 4.17. The zero-order valence-electron chi connectivity index (χ0n) is 12.4. The number of benzene rings is 1. The van der Waals surface area contributed by atoms with Gasteiger partial charge in [-0.05, 0) is 38.2 Å². The lowest BCUT2D eigenvalue weighted by molar-refractivity contribution is -0.129. The minimum absolute atomic E-state index is 0.212. The molecular weight excluding hydrogens is 288 g/mol. The average Bonchev–Trinajstić information content (AvgIpc) is 3.08. The summed E-state index contributed by atoms with van der Waals surface area (Å²) in [7, 11) is 0. The molecule has 2 fully saturated rings. The van der Waals surface area contributed by atoms with Crippen molar-refractivity contribution >= 4 is 5.91 Å². The highest BCUT2D eigenvalue weighted by Crippen LogP contribution is 2.41. The minimum Gasteiger partial charge on any atom is -0.392 e. The van der Waals surface area contributed by atoms with Gasteiger partial charge < -0.3 is 10.4 Å². The van der Waals surface area contributed by atoms with Crippen LogP contribution >= 0.6 is 0 Å². The van der Waals surface area contributed by atoms with Crippen molar-refractivity contribution in [1.29, 1.82) is 0 Å². The molecule has 1 amide bonds. The van der Waals surface area contributed by atoms with E-state index >= 15 is 0 Å². The third kappa shape index (κ3) is 2.74. The van der Waals surface area contributed by atoms with Gasteiger partial charge in [-0.2, -0.15) is 0 Å². The molecule has 2 atom stereocenters. The predicted octanol–water partition coefficient (Wildman–Crippen LogP) is 3.01.